The lowest BCUT2D eigenvalue weighted by Crippen LogP contribution is -2.48. The Balaban J connectivity index is 2.20. The lowest BCUT2D eigenvalue weighted by Gasteiger charge is -2.40. The number of benzene rings is 2. The Morgan fingerprint density at radius 1 is 1.07 bits per heavy atom. The van der Waals surface area contributed by atoms with Crippen molar-refractivity contribution in [1.29, 1.82) is 0 Å². The average Bonchev–Trinajstić information content (AvgIpc) is 2.64. The number of fused-ring (bicyclic) bond motifs is 4. The van der Waals surface area contributed by atoms with Gasteiger partial charge in [0, 0.05) is 6.07 Å². The van der Waals surface area contributed by atoms with E-state index >= 15 is 0 Å². The summed E-state index contributed by atoms with van der Waals surface area (Å²) in [4.78, 5) is 13.2. The van der Waals surface area contributed by atoms with Crippen LogP contribution in [-0.4, -0.2) is 36.1 Å². The van der Waals surface area contributed by atoms with Crippen LogP contribution in [0.2, 0.25) is 0 Å². The van der Waals surface area contributed by atoms with Crippen molar-refractivity contribution < 1.29 is 28.8 Å². The van der Waals surface area contributed by atoms with E-state index < -0.39 is 17.8 Å². The highest BCUT2D eigenvalue weighted by atomic mass is 16.5. The van der Waals surface area contributed by atoms with Crippen molar-refractivity contribution in [1.82, 2.24) is 0 Å². The summed E-state index contributed by atoms with van der Waals surface area (Å²) >= 11 is 0. The molecule has 142 valence electrons. The molecule has 1 aromatic heterocycles. The zero-order valence-electron chi connectivity index (χ0n) is 15.4. The summed E-state index contributed by atoms with van der Waals surface area (Å²) < 4.78 is 22.6. The predicted octanol–water partition coefficient (Wildman–Crippen LogP) is 2.53. The molecule has 2 atom stereocenters. The number of para-hydroxylation sites is 1. The maximum absolute atomic E-state index is 13.2. The van der Waals surface area contributed by atoms with Crippen LogP contribution in [0.4, 0.5) is 0 Å². The molecule has 7 nitrogen and oxygen atoms in total. The highest BCUT2D eigenvalue weighted by Crippen LogP contribution is 2.46. The van der Waals surface area contributed by atoms with E-state index in [9.17, 15) is 15.0 Å². The number of ether oxygens (including phenoxy) is 3. The van der Waals surface area contributed by atoms with Crippen molar-refractivity contribution in [2.45, 2.75) is 31.7 Å². The van der Waals surface area contributed by atoms with E-state index in [0.717, 1.165) is 0 Å². The van der Waals surface area contributed by atoms with Crippen molar-refractivity contribution in [2.75, 3.05) is 14.2 Å². The summed E-state index contributed by atoms with van der Waals surface area (Å²) in [6.45, 7) is 3.33. The molecule has 3 aromatic rings. The second-order valence-electron chi connectivity index (χ2n) is 7.06. The first kappa shape index (κ1) is 17.6. The number of hydrogen-bond acceptors (Lipinski definition) is 7. The van der Waals surface area contributed by atoms with Gasteiger partial charge in [0.15, 0.2) is 16.9 Å². The minimum atomic E-state index is -1.30. The first-order valence-electron chi connectivity index (χ1n) is 8.49. The molecule has 1 aliphatic heterocycles. The van der Waals surface area contributed by atoms with Crippen LogP contribution in [0, 0.1) is 0 Å². The van der Waals surface area contributed by atoms with Crippen LogP contribution in [0.5, 0.6) is 17.2 Å². The van der Waals surface area contributed by atoms with Gasteiger partial charge in [-0.05, 0) is 26.0 Å². The Labute approximate surface area is 154 Å². The molecule has 7 heteroatoms. The van der Waals surface area contributed by atoms with E-state index in [0.29, 0.717) is 16.9 Å². The molecule has 0 unspecified atom stereocenters. The van der Waals surface area contributed by atoms with Crippen molar-refractivity contribution in [2.24, 2.45) is 0 Å². The SMILES string of the molecule is COc1cccc2c(=O)c3c(OC)cc4c(c3oc12)[C@H](O)[C@H](O)C(C)(C)O4. The molecule has 0 saturated carbocycles. The highest BCUT2D eigenvalue weighted by Gasteiger charge is 2.44. The number of hydrogen-bond donors (Lipinski definition) is 2. The molecule has 27 heavy (non-hydrogen) atoms. The Bertz CT molecular complexity index is 1110. The first-order chi connectivity index (χ1) is 12.8. The first-order valence-corrected chi connectivity index (χ1v) is 8.49. The molecule has 2 N–H and O–H groups in total. The van der Waals surface area contributed by atoms with Gasteiger partial charge in [0.2, 0.25) is 5.43 Å². The minimum absolute atomic E-state index is 0.105. The average molecular weight is 372 g/mol. The second kappa shape index (κ2) is 5.87. The third-order valence-corrected chi connectivity index (χ3v) is 5.02. The molecule has 1 aliphatic rings. The van der Waals surface area contributed by atoms with Gasteiger partial charge < -0.3 is 28.8 Å². The Morgan fingerprint density at radius 2 is 1.78 bits per heavy atom. The molecule has 0 spiro atoms. The van der Waals surface area contributed by atoms with Gasteiger partial charge in [0.05, 0.1) is 25.2 Å². The smallest absolute Gasteiger partial charge is 0.204 e. The van der Waals surface area contributed by atoms with Crippen molar-refractivity contribution in [3.63, 3.8) is 0 Å². The maximum atomic E-state index is 13.2. The lowest BCUT2D eigenvalue weighted by atomic mass is 9.87. The summed E-state index contributed by atoms with van der Waals surface area (Å²) in [5, 5.41) is 21.7. The molecule has 0 fully saturated rings. The second-order valence-corrected chi connectivity index (χ2v) is 7.06. The summed E-state index contributed by atoms with van der Waals surface area (Å²) in [6, 6.07) is 6.54. The zero-order valence-corrected chi connectivity index (χ0v) is 15.4. The fourth-order valence-electron chi connectivity index (χ4n) is 3.55. The molecular weight excluding hydrogens is 352 g/mol. The standard InChI is InChI=1S/C20H20O7/c1-20(2)19(23)16(22)14-12(27-20)8-11(25-4)13-15(21)9-6-5-7-10(24-3)17(9)26-18(13)14/h5-8,16,19,22-23H,1-4H3/t16-,19-/m0/s1. The quantitative estimate of drug-likeness (QED) is 0.667. The van der Waals surface area contributed by atoms with Crippen molar-refractivity contribution >= 4 is 21.9 Å². The van der Waals surface area contributed by atoms with Crippen LogP contribution in [0.25, 0.3) is 21.9 Å². The van der Waals surface area contributed by atoms with Crippen LogP contribution in [-0.2, 0) is 0 Å². The van der Waals surface area contributed by atoms with Crippen LogP contribution in [0.1, 0.15) is 25.5 Å². The molecule has 0 aliphatic carbocycles. The van der Waals surface area contributed by atoms with E-state index in [4.69, 9.17) is 18.6 Å². The fourth-order valence-corrected chi connectivity index (χ4v) is 3.55. The topological polar surface area (TPSA) is 98.4 Å². The van der Waals surface area contributed by atoms with Crippen molar-refractivity contribution in [3.05, 3.63) is 40.1 Å². The number of rotatable bonds is 2. The van der Waals surface area contributed by atoms with E-state index in [1.807, 2.05) is 0 Å². The monoisotopic (exact) mass is 372 g/mol. The number of aliphatic hydroxyl groups is 2. The molecule has 0 amide bonds. The molecular formula is C20H20O7. The molecule has 0 bridgehead atoms. The van der Waals surface area contributed by atoms with Gasteiger partial charge >= 0.3 is 0 Å². The summed E-state index contributed by atoms with van der Waals surface area (Å²) in [5.74, 6) is 0.941. The summed E-state index contributed by atoms with van der Waals surface area (Å²) in [7, 11) is 2.92. The van der Waals surface area contributed by atoms with Gasteiger partial charge in [-0.25, -0.2) is 0 Å². The Kier molecular flexibility index (Phi) is 3.83. The molecule has 2 aromatic carbocycles. The van der Waals surface area contributed by atoms with Gasteiger partial charge in [-0.15, -0.1) is 0 Å². The van der Waals surface area contributed by atoms with Gasteiger partial charge in [-0.1, -0.05) is 6.07 Å². The Hall–Kier alpha value is -2.77. The van der Waals surface area contributed by atoms with E-state index in [1.165, 1.54) is 20.3 Å². The maximum Gasteiger partial charge on any atom is 0.204 e. The van der Waals surface area contributed by atoms with Gasteiger partial charge in [0.1, 0.15) is 34.7 Å². The normalized spacial score (nSPS) is 21.0. The van der Waals surface area contributed by atoms with Gasteiger partial charge in [0.25, 0.3) is 0 Å². The molecule has 4 rings (SSSR count). The lowest BCUT2D eigenvalue weighted by molar-refractivity contribution is -0.111. The number of aliphatic hydroxyl groups excluding tert-OH is 2. The van der Waals surface area contributed by atoms with Crippen molar-refractivity contribution in [3.8, 4) is 17.2 Å². The minimum Gasteiger partial charge on any atom is -0.496 e. The van der Waals surface area contributed by atoms with Crippen LogP contribution >= 0.6 is 0 Å². The largest absolute Gasteiger partial charge is 0.496 e. The van der Waals surface area contributed by atoms with Gasteiger partial charge in [-0.3, -0.25) is 4.79 Å². The summed E-state index contributed by atoms with van der Waals surface area (Å²) in [5.41, 5.74) is -0.785. The van der Waals surface area contributed by atoms with E-state index in [-0.39, 0.29) is 33.3 Å². The molecule has 2 heterocycles. The van der Waals surface area contributed by atoms with Crippen LogP contribution < -0.4 is 19.6 Å². The Morgan fingerprint density at radius 3 is 2.44 bits per heavy atom. The number of methoxy groups -OCH3 is 2. The van der Waals surface area contributed by atoms with E-state index in [2.05, 4.69) is 0 Å². The third-order valence-electron chi connectivity index (χ3n) is 5.02. The van der Waals surface area contributed by atoms with Gasteiger partial charge in [-0.2, -0.15) is 0 Å². The van der Waals surface area contributed by atoms with Crippen LogP contribution in [0.15, 0.2) is 33.5 Å². The zero-order chi connectivity index (χ0) is 19.5. The fraction of sp³-hybridized carbons (Fsp3) is 0.350. The summed E-state index contributed by atoms with van der Waals surface area (Å²) in [6.07, 6.45) is -2.51. The third kappa shape index (κ3) is 2.39. The van der Waals surface area contributed by atoms with Crippen LogP contribution in [0.3, 0.4) is 0 Å². The highest BCUT2D eigenvalue weighted by molar-refractivity contribution is 5.97. The predicted molar refractivity (Wildman–Crippen MR) is 98.8 cm³/mol. The molecule has 0 saturated heterocycles. The molecule has 0 radical (unpaired) electrons. The van der Waals surface area contributed by atoms with E-state index in [1.54, 1.807) is 32.0 Å².